The van der Waals surface area contributed by atoms with Crippen molar-refractivity contribution in [1.82, 2.24) is 19.5 Å². The Morgan fingerprint density at radius 1 is 0.857 bits per heavy atom. The monoisotopic (exact) mass is 292 g/mol. The van der Waals surface area contributed by atoms with Crippen LogP contribution in [-0.2, 0) is 0 Å². The van der Waals surface area contributed by atoms with E-state index in [1.165, 1.54) is 0 Å². The van der Waals surface area contributed by atoms with Crippen LogP contribution in [0.25, 0.3) is 5.82 Å². The van der Waals surface area contributed by atoms with Gasteiger partial charge in [-0.1, -0.05) is 55.4 Å². The molecule has 0 aliphatic carbocycles. The molecule has 2 aromatic rings. The highest BCUT2D eigenvalue weighted by atomic mass is 15.1. The molecule has 4 nitrogen and oxygen atoms in total. The zero-order chi connectivity index (χ0) is 16.8. The molecule has 2 aromatic heterocycles. The SMILES string of the molecule is CC.CC.CC.Cc1cn(-c2cnc(C(C)C)cn2)cn1. The summed E-state index contributed by atoms with van der Waals surface area (Å²) in [5.41, 5.74) is 1.99. The fraction of sp³-hybridized carbons (Fsp3) is 0.588. The minimum Gasteiger partial charge on any atom is -0.289 e. The van der Waals surface area contributed by atoms with E-state index in [2.05, 4.69) is 28.8 Å². The van der Waals surface area contributed by atoms with Crippen LogP contribution in [0, 0.1) is 6.92 Å². The number of aryl methyl sites for hydroxylation is 1. The van der Waals surface area contributed by atoms with Gasteiger partial charge in [0.1, 0.15) is 6.33 Å². The normalized spacial score (nSPS) is 8.67. The maximum absolute atomic E-state index is 4.35. The van der Waals surface area contributed by atoms with Gasteiger partial charge in [0.25, 0.3) is 0 Å². The van der Waals surface area contributed by atoms with Gasteiger partial charge in [-0.05, 0) is 12.8 Å². The second kappa shape index (κ2) is 13.3. The highest BCUT2D eigenvalue weighted by Gasteiger charge is 2.03. The van der Waals surface area contributed by atoms with Crippen molar-refractivity contribution < 1.29 is 0 Å². The first-order valence-corrected chi connectivity index (χ1v) is 7.99. The maximum atomic E-state index is 4.35. The topological polar surface area (TPSA) is 43.6 Å². The van der Waals surface area contributed by atoms with Crippen LogP contribution in [0.2, 0.25) is 0 Å². The van der Waals surface area contributed by atoms with Gasteiger partial charge in [-0.25, -0.2) is 9.97 Å². The average Bonchev–Trinajstić information content (AvgIpc) is 3.00. The predicted octanol–water partition coefficient (Wildman–Crippen LogP) is 5.17. The molecule has 0 unspecified atom stereocenters. The molecule has 2 rings (SSSR count). The van der Waals surface area contributed by atoms with E-state index in [9.17, 15) is 0 Å². The Bertz CT molecular complexity index is 444. The summed E-state index contributed by atoms with van der Waals surface area (Å²) in [5.74, 6) is 1.22. The number of hydrogen-bond acceptors (Lipinski definition) is 3. The van der Waals surface area contributed by atoms with Crippen LogP contribution >= 0.6 is 0 Å². The van der Waals surface area contributed by atoms with Gasteiger partial charge < -0.3 is 0 Å². The lowest BCUT2D eigenvalue weighted by atomic mass is 10.1. The summed E-state index contributed by atoms with van der Waals surface area (Å²) in [6.45, 7) is 18.2. The number of hydrogen-bond donors (Lipinski definition) is 0. The Balaban J connectivity index is 0. The molecule has 0 N–H and O–H groups in total. The Morgan fingerprint density at radius 2 is 1.43 bits per heavy atom. The van der Waals surface area contributed by atoms with Gasteiger partial charge in [0.2, 0.25) is 0 Å². The summed E-state index contributed by atoms with van der Waals surface area (Å²) in [4.78, 5) is 12.8. The van der Waals surface area contributed by atoms with Gasteiger partial charge in [0, 0.05) is 6.20 Å². The minimum absolute atomic E-state index is 0.413. The predicted molar refractivity (Wildman–Crippen MR) is 92.0 cm³/mol. The first-order chi connectivity index (χ1) is 10.2. The third-order valence-electron chi connectivity index (χ3n) is 2.23. The molecule has 0 amide bonds. The third-order valence-corrected chi connectivity index (χ3v) is 2.23. The molecule has 2 heterocycles. The molecule has 0 radical (unpaired) electrons. The number of imidazole rings is 1. The molecule has 0 spiro atoms. The fourth-order valence-electron chi connectivity index (χ4n) is 1.31. The quantitative estimate of drug-likeness (QED) is 0.766. The van der Waals surface area contributed by atoms with Crippen molar-refractivity contribution in [2.75, 3.05) is 0 Å². The van der Waals surface area contributed by atoms with Gasteiger partial charge in [-0.3, -0.25) is 9.55 Å². The van der Waals surface area contributed by atoms with Crippen LogP contribution in [-0.4, -0.2) is 19.5 Å². The van der Waals surface area contributed by atoms with Crippen LogP contribution in [0.3, 0.4) is 0 Å². The molecule has 21 heavy (non-hydrogen) atoms. The van der Waals surface area contributed by atoms with Crippen LogP contribution in [0.4, 0.5) is 0 Å². The van der Waals surface area contributed by atoms with Crippen LogP contribution in [0.1, 0.15) is 72.7 Å². The molecular weight excluding hydrogens is 260 g/mol. The van der Waals surface area contributed by atoms with Gasteiger partial charge in [-0.2, -0.15) is 0 Å². The number of rotatable bonds is 2. The summed E-state index contributed by atoms with van der Waals surface area (Å²) in [6.07, 6.45) is 7.26. The summed E-state index contributed by atoms with van der Waals surface area (Å²) in [7, 11) is 0. The molecule has 0 saturated carbocycles. The van der Waals surface area contributed by atoms with E-state index in [4.69, 9.17) is 0 Å². The van der Waals surface area contributed by atoms with E-state index < -0.39 is 0 Å². The van der Waals surface area contributed by atoms with Crippen molar-refractivity contribution in [3.05, 3.63) is 36.3 Å². The zero-order valence-electron chi connectivity index (χ0n) is 15.2. The van der Waals surface area contributed by atoms with Crippen molar-refractivity contribution in [3.63, 3.8) is 0 Å². The van der Waals surface area contributed by atoms with Crippen molar-refractivity contribution in [2.24, 2.45) is 0 Å². The van der Waals surface area contributed by atoms with E-state index in [-0.39, 0.29) is 0 Å². The summed E-state index contributed by atoms with van der Waals surface area (Å²) >= 11 is 0. The second-order valence-corrected chi connectivity index (χ2v) is 3.88. The lowest BCUT2D eigenvalue weighted by Gasteiger charge is -2.04. The summed E-state index contributed by atoms with van der Waals surface area (Å²) in [5, 5.41) is 0. The first-order valence-electron chi connectivity index (χ1n) is 7.99. The zero-order valence-corrected chi connectivity index (χ0v) is 15.2. The smallest absolute Gasteiger partial charge is 0.156 e. The van der Waals surface area contributed by atoms with E-state index >= 15 is 0 Å². The molecule has 0 aliphatic heterocycles. The number of nitrogens with zero attached hydrogens (tertiary/aromatic N) is 4. The van der Waals surface area contributed by atoms with Gasteiger partial charge >= 0.3 is 0 Å². The second-order valence-electron chi connectivity index (χ2n) is 3.88. The van der Waals surface area contributed by atoms with E-state index in [0.29, 0.717) is 5.92 Å². The minimum atomic E-state index is 0.413. The van der Waals surface area contributed by atoms with Crippen LogP contribution < -0.4 is 0 Å². The van der Waals surface area contributed by atoms with Crippen molar-refractivity contribution in [3.8, 4) is 5.82 Å². The van der Waals surface area contributed by atoms with Gasteiger partial charge in [-0.15, -0.1) is 0 Å². The molecule has 0 atom stereocenters. The van der Waals surface area contributed by atoms with Gasteiger partial charge in [0.05, 0.1) is 23.8 Å². The fourth-order valence-corrected chi connectivity index (χ4v) is 1.31. The van der Waals surface area contributed by atoms with Crippen LogP contribution in [0.15, 0.2) is 24.9 Å². The largest absolute Gasteiger partial charge is 0.289 e. The Kier molecular flexibility index (Phi) is 13.7. The molecule has 120 valence electrons. The van der Waals surface area contributed by atoms with Crippen molar-refractivity contribution in [2.45, 2.75) is 68.2 Å². The average molecular weight is 292 g/mol. The van der Waals surface area contributed by atoms with E-state index in [1.54, 1.807) is 12.5 Å². The van der Waals surface area contributed by atoms with Crippen molar-refractivity contribution >= 4 is 0 Å². The lowest BCUT2D eigenvalue weighted by Crippen LogP contribution is -1.99. The Hall–Kier alpha value is -1.71. The standard InChI is InChI=1S/C11H14N4.3C2H6/c1-8(2)10-4-13-11(5-12-10)15-6-9(3)14-7-15;3*1-2/h4-8H,1-3H3;3*1-2H3. The Labute approximate surface area is 130 Å². The first kappa shape index (κ1) is 21.6. The molecule has 0 bridgehead atoms. The molecule has 0 fully saturated rings. The van der Waals surface area contributed by atoms with E-state index in [1.807, 2.05) is 65.4 Å². The lowest BCUT2D eigenvalue weighted by molar-refractivity contribution is 0.803. The molecule has 4 heteroatoms. The third kappa shape index (κ3) is 7.59. The van der Waals surface area contributed by atoms with Crippen LogP contribution in [0.5, 0.6) is 0 Å². The Morgan fingerprint density at radius 3 is 1.76 bits per heavy atom. The molecule has 0 aliphatic rings. The highest BCUT2D eigenvalue weighted by Crippen LogP contribution is 2.11. The molecule has 0 aromatic carbocycles. The molecular formula is C17H32N4. The summed E-state index contributed by atoms with van der Waals surface area (Å²) < 4.78 is 1.87. The number of aromatic nitrogens is 4. The van der Waals surface area contributed by atoms with E-state index in [0.717, 1.165) is 17.2 Å². The van der Waals surface area contributed by atoms with Gasteiger partial charge in [0.15, 0.2) is 5.82 Å². The van der Waals surface area contributed by atoms with Crippen molar-refractivity contribution in [1.29, 1.82) is 0 Å². The molecule has 0 saturated heterocycles. The highest BCUT2D eigenvalue weighted by molar-refractivity contribution is 5.20. The summed E-state index contributed by atoms with van der Waals surface area (Å²) in [6, 6.07) is 0. The maximum Gasteiger partial charge on any atom is 0.156 e.